The predicted molar refractivity (Wildman–Crippen MR) is 65.2 cm³/mol. The molecule has 0 amide bonds. The van der Waals surface area contributed by atoms with Gasteiger partial charge < -0.3 is 9.72 Å². The molecule has 0 aromatic carbocycles. The Balaban J connectivity index is 2.77. The number of hydrogen-bond acceptors (Lipinski definition) is 3. The normalized spacial score (nSPS) is 13.8. The summed E-state index contributed by atoms with van der Waals surface area (Å²) in [7, 11) is -1.40. The van der Waals surface area contributed by atoms with E-state index in [1.165, 1.54) is 12.3 Å². The zero-order valence-electron chi connectivity index (χ0n) is 10.1. The fourth-order valence-electron chi connectivity index (χ4n) is 1.01. The van der Waals surface area contributed by atoms with Gasteiger partial charge in [0.15, 0.2) is 0 Å². The summed E-state index contributed by atoms with van der Waals surface area (Å²) in [6.07, 6.45) is 1.34. The molecule has 0 aliphatic rings. The Bertz CT molecular complexity index is 430. The van der Waals surface area contributed by atoms with Crippen LogP contribution in [0, 0.1) is 0 Å². The quantitative estimate of drug-likeness (QED) is 0.793. The maximum atomic E-state index is 11.4. The SMILES string of the molecule is CC(OCn1c(=O)cc[nH]c1=O)[Si](C)(C)C. The van der Waals surface area contributed by atoms with Crippen LogP contribution in [0.3, 0.4) is 0 Å². The first-order valence-corrected chi connectivity index (χ1v) is 8.80. The van der Waals surface area contributed by atoms with Crippen LogP contribution in [0.25, 0.3) is 0 Å². The van der Waals surface area contributed by atoms with Crippen molar-refractivity contribution in [2.24, 2.45) is 0 Å². The summed E-state index contributed by atoms with van der Waals surface area (Å²) in [5.74, 6) is 0. The zero-order valence-corrected chi connectivity index (χ0v) is 11.1. The van der Waals surface area contributed by atoms with Crippen molar-refractivity contribution in [3.8, 4) is 0 Å². The lowest BCUT2D eigenvalue weighted by Gasteiger charge is -2.25. The van der Waals surface area contributed by atoms with E-state index in [4.69, 9.17) is 4.74 Å². The van der Waals surface area contributed by atoms with Gasteiger partial charge in [-0.3, -0.25) is 4.79 Å². The molecule has 1 aromatic heterocycles. The average molecular weight is 242 g/mol. The van der Waals surface area contributed by atoms with Crippen LogP contribution in [0.5, 0.6) is 0 Å². The van der Waals surface area contributed by atoms with E-state index in [1.54, 1.807) is 0 Å². The fraction of sp³-hybridized carbons (Fsp3) is 0.600. The van der Waals surface area contributed by atoms with Gasteiger partial charge in [-0.25, -0.2) is 9.36 Å². The molecular weight excluding hydrogens is 224 g/mol. The van der Waals surface area contributed by atoms with E-state index in [-0.39, 0.29) is 18.0 Å². The van der Waals surface area contributed by atoms with Gasteiger partial charge in [0.1, 0.15) is 6.73 Å². The van der Waals surface area contributed by atoms with Crippen molar-refractivity contribution in [1.29, 1.82) is 0 Å². The lowest BCUT2D eigenvalue weighted by molar-refractivity contribution is 0.0517. The van der Waals surface area contributed by atoms with Gasteiger partial charge in [0.25, 0.3) is 5.56 Å². The second-order valence-corrected chi connectivity index (χ2v) is 10.4. The molecule has 0 aliphatic carbocycles. The minimum atomic E-state index is -1.40. The third-order valence-corrected chi connectivity index (χ3v) is 5.22. The van der Waals surface area contributed by atoms with Crippen LogP contribution in [0.2, 0.25) is 19.6 Å². The first kappa shape index (κ1) is 12.9. The third kappa shape index (κ3) is 3.18. The Morgan fingerprint density at radius 1 is 1.44 bits per heavy atom. The number of nitrogens with zero attached hydrogens (tertiary/aromatic N) is 1. The Labute approximate surface area is 95.1 Å². The highest BCUT2D eigenvalue weighted by Crippen LogP contribution is 2.10. The Kier molecular flexibility index (Phi) is 3.87. The summed E-state index contributed by atoms with van der Waals surface area (Å²) >= 11 is 0. The smallest absolute Gasteiger partial charge is 0.330 e. The second-order valence-electron chi connectivity index (χ2n) is 4.85. The molecule has 0 bridgehead atoms. The summed E-state index contributed by atoms with van der Waals surface area (Å²) in [6.45, 7) is 8.52. The van der Waals surface area contributed by atoms with Crippen LogP contribution in [0.15, 0.2) is 21.9 Å². The van der Waals surface area contributed by atoms with E-state index in [0.29, 0.717) is 0 Å². The van der Waals surface area contributed by atoms with Crippen LogP contribution in [-0.4, -0.2) is 23.4 Å². The Morgan fingerprint density at radius 2 is 2.06 bits per heavy atom. The van der Waals surface area contributed by atoms with Crippen LogP contribution in [-0.2, 0) is 11.5 Å². The van der Waals surface area contributed by atoms with Crippen LogP contribution in [0.4, 0.5) is 0 Å². The minimum Gasteiger partial charge on any atom is -0.361 e. The molecule has 1 unspecified atom stereocenters. The van der Waals surface area contributed by atoms with E-state index in [2.05, 4.69) is 24.6 Å². The van der Waals surface area contributed by atoms with E-state index in [1.807, 2.05) is 6.92 Å². The number of ether oxygens (including phenoxy) is 1. The van der Waals surface area contributed by atoms with Crippen molar-refractivity contribution in [3.05, 3.63) is 33.1 Å². The number of nitrogens with one attached hydrogen (secondary N) is 1. The monoisotopic (exact) mass is 242 g/mol. The largest absolute Gasteiger partial charge is 0.361 e. The number of aromatic amines is 1. The highest BCUT2D eigenvalue weighted by atomic mass is 28.3. The van der Waals surface area contributed by atoms with Crippen LogP contribution < -0.4 is 11.2 Å². The Hall–Kier alpha value is -1.14. The fourth-order valence-corrected chi connectivity index (χ4v) is 1.59. The lowest BCUT2D eigenvalue weighted by Crippen LogP contribution is -2.41. The topological polar surface area (TPSA) is 64.1 Å². The van der Waals surface area contributed by atoms with Crippen LogP contribution in [0.1, 0.15) is 6.92 Å². The number of rotatable bonds is 4. The summed E-state index contributed by atoms with van der Waals surface area (Å²) in [6, 6.07) is 1.31. The van der Waals surface area contributed by atoms with E-state index < -0.39 is 13.8 Å². The molecule has 1 N–H and O–H groups in total. The molecule has 5 nitrogen and oxygen atoms in total. The Morgan fingerprint density at radius 3 is 2.56 bits per heavy atom. The molecule has 0 fully saturated rings. The van der Waals surface area contributed by atoms with Gasteiger partial charge in [0.05, 0.1) is 8.07 Å². The molecular formula is C10H18N2O3Si. The van der Waals surface area contributed by atoms with Crippen molar-refractivity contribution in [2.75, 3.05) is 0 Å². The number of hydrogen-bond donors (Lipinski definition) is 1. The van der Waals surface area contributed by atoms with Crippen LogP contribution >= 0.6 is 0 Å². The van der Waals surface area contributed by atoms with Gasteiger partial charge in [0, 0.05) is 18.0 Å². The van der Waals surface area contributed by atoms with Crippen molar-refractivity contribution in [3.63, 3.8) is 0 Å². The van der Waals surface area contributed by atoms with Gasteiger partial charge in [-0.2, -0.15) is 0 Å². The van der Waals surface area contributed by atoms with E-state index in [9.17, 15) is 9.59 Å². The first-order chi connectivity index (χ1) is 7.32. The van der Waals surface area contributed by atoms with Crippen molar-refractivity contribution in [1.82, 2.24) is 9.55 Å². The summed E-state index contributed by atoms with van der Waals surface area (Å²) in [5.41, 5.74) is -0.680. The highest BCUT2D eigenvalue weighted by Gasteiger charge is 2.23. The van der Waals surface area contributed by atoms with Gasteiger partial charge in [-0.15, -0.1) is 0 Å². The van der Waals surface area contributed by atoms with Gasteiger partial charge >= 0.3 is 5.69 Å². The molecule has 90 valence electrons. The molecule has 1 aromatic rings. The number of H-pyrrole nitrogens is 1. The lowest BCUT2D eigenvalue weighted by atomic mass is 10.6. The van der Waals surface area contributed by atoms with Gasteiger partial charge in [0.2, 0.25) is 0 Å². The van der Waals surface area contributed by atoms with Gasteiger partial charge in [-0.1, -0.05) is 19.6 Å². The number of aromatic nitrogens is 2. The minimum absolute atomic E-state index is 0.0143. The molecule has 0 saturated carbocycles. The molecule has 16 heavy (non-hydrogen) atoms. The van der Waals surface area contributed by atoms with Crippen molar-refractivity contribution >= 4 is 8.07 Å². The molecule has 0 saturated heterocycles. The van der Waals surface area contributed by atoms with E-state index in [0.717, 1.165) is 4.57 Å². The first-order valence-electron chi connectivity index (χ1n) is 5.22. The standard InChI is InChI=1S/C10H18N2O3Si/c1-8(16(2,3)4)15-7-12-9(13)5-6-11-10(12)14/h5-6,8H,7H2,1-4H3,(H,11,14). The predicted octanol–water partition coefficient (Wildman–Crippen LogP) is 0.777. The third-order valence-electron chi connectivity index (χ3n) is 2.62. The van der Waals surface area contributed by atoms with Crippen molar-refractivity contribution in [2.45, 2.75) is 39.0 Å². The maximum absolute atomic E-state index is 11.4. The highest BCUT2D eigenvalue weighted by molar-refractivity contribution is 6.77. The van der Waals surface area contributed by atoms with Gasteiger partial charge in [-0.05, 0) is 6.92 Å². The average Bonchev–Trinajstić information content (AvgIpc) is 2.15. The molecule has 0 radical (unpaired) electrons. The summed E-state index contributed by atoms with van der Waals surface area (Å²) < 4.78 is 6.61. The second kappa shape index (κ2) is 4.79. The zero-order chi connectivity index (χ0) is 12.3. The molecule has 0 aliphatic heterocycles. The molecule has 6 heteroatoms. The maximum Gasteiger partial charge on any atom is 0.330 e. The molecule has 1 heterocycles. The molecule has 1 atom stereocenters. The summed E-state index contributed by atoms with van der Waals surface area (Å²) in [5, 5.41) is 0. The molecule has 1 rings (SSSR count). The van der Waals surface area contributed by atoms with Crippen molar-refractivity contribution < 1.29 is 4.74 Å². The molecule has 0 spiro atoms. The van der Waals surface area contributed by atoms with E-state index >= 15 is 0 Å². The summed E-state index contributed by atoms with van der Waals surface area (Å²) in [4.78, 5) is 25.2.